The second kappa shape index (κ2) is 10.6. The summed E-state index contributed by atoms with van der Waals surface area (Å²) in [5, 5.41) is 0. The predicted molar refractivity (Wildman–Crippen MR) is 74.2 cm³/mol. The molecule has 0 amide bonds. The van der Waals surface area contributed by atoms with Gasteiger partial charge in [0.1, 0.15) is 12.2 Å². The maximum atomic E-state index is 11.3. The summed E-state index contributed by atoms with van der Waals surface area (Å²) in [6.07, 6.45) is 8.97. The minimum Gasteiger partial charge on any atom is -0.469 e. The van der Waals surface area contributed by atoms with Crippen LogP contribution in [0, 0.1) is 0 Å². The topological polar surface area (TPSA) is 61.8 Å². The van der Waals surface area contributed by atoms with Crippen molar-refractivity contribution in [2.24, 2.45) is 0 Å². The molecule has 1 saturated heterocycles. The van der Waals surface area contributed by atoms with Gasteiger partial charge in [-0.05, 0) is 32.1 Å². The van der Waals surface area contributed by atoms with Crippen molar-refractivity contribution in [3.8, 4) is 0 Å². The van der Waals surface area contributed by atoms with Gasteiger partial charge < -0.3 is 14.2 Å². The zero-order valence-electron chi connectivity index (χ0n) is 12.1. The maximum Gasteiger partial charge on any atom is 0.313 e. The number of hydrogen-bond donors (Lipinski definition) is 0. The van der Waals surface area contributed by atoms with Crippen molar-refractivity contribution in [1.29, 1.82) is 0 Å². The third-order valence-corrected chi connectivity index (χ3v) is 3.08. The molecule has 1 heterocycles. The van der Waals surface area contributed by atoms with Crippen LogP contribution >= 0.6 is 0 Å². The quantitative estimate of drug-likeness (QED) is 0.281. The van der Waals surface area contributed by atoms with Crippen LogP contribution in [0.5, 0.6) is 0 Å². The predicted octanol–water partition coefficient (Wildman–Crippen LogP) is 2.39. The van der Waals surface area contributed by atoms with Gasteiger partial charge in [-0.25, -0.2) is 0 Å². The first kappa shape index (κ1) is 16.9. The van der Waals surface area contributed by atoms with Crippen molar-refractivity contribution in [2.45, 2.75) is 51.2 Å². The highest BCUT2D eigenvalue weighted by molar-refractivity contribution is 5.95. The number of methoxy groups -OCH3 is 1. The summed E-state index contributed by atoms with van der Waals surface area (Å²) in [6.45, 7) is 1.33. The lowest BCUT2D eigenvalue weighted by Crippen LogP contribution is -2.22. The van der Waals surface area contributed by atoms with Crippen LogP contribution in [0.2, 0.25) is 0 Å². The van der Waals surface area contributed by atoms with E-state index in [0.717, 1.165) is 38.7 Å². The molecule has 0 saturated carbocycles. The Bertz CT molecular complexity index is 318. The minimum absolute atomic E-state index is 0.0602. The van der Waals surface area contributed by atoms with E-state index in [4.69, 9.17) is 9.47 Å². The van der Waals surface area contributed by atoms with Crippen LogP contribution in [-0.2, 0) is 23.8 Å². The zero-order chi connectivity index (χ0) is 14.6. The number of esters is 1. The Morgan fingerprint density at radius 2 is 2.15 bits per heavy atom. The standard InChI is InChI=1S/C15H24O5/c1-18-14(17)12-13(16)8-4-2-3-6-10-19-15-9-5-7-11-20-15/h3,6,15H,2,4-5,7-12H2,1H3/b6-3-. The summed E-state index contributed by atoms with van der Waals surface area (Å²) in [7, 11) is 1.29. The van der Waals surface area contributed by atoms with Crippen molar-refractivity contribution in [3.63, 3.8) is 0 Å². The largest absolute Gasteiger partial charge is 0.469 e. The van der Waals surface area contributed by atoms with Crippen molar-refractivity contribution < 1.29 is 23.8 Å². The molecule has 5 heteroatoms. The Hall–Kier alpha value is -1.20. The third-order valence-electron chi connectivity index (χ3n) is 3.08. The first-order chi connectivity index (χ1) is 9.72. The number of Topliss-reactive ketones (excluding diaryl/α,β-unsaturated/α-hetero) is 1. The van der Waals surface area contributed by atoms with Gasteiger partial charge in [-0.3, -0.25) is 9.59 Å². The molecule has 1 aliphatic heterocycles. The summed E-state index contributed by atoms with van der Waals surface area (Å²) in [4.78, 5) is 22.2. The van der Waals surface area contributed by atoms with E-state index in [1.807, 2.05) is 12.2 Å². The molecule has 0 spiro atoms. The van der Waals surface area contributed by atoms with Crippen LogP contribution < -0.4 is 0 Å². The highest BCUT2D eigenvalue weighted by atomic mass is 16.7. The number of ether oxygens (including phenoxy) is 3. The molecule has 0 aromatic rings. The SMILES string of the molecule is COC(=O)CC(=O)CCC/C=C\COC1CCCCO1. The Morgan fingerprint density at radius 1 is 1.30 bits per heavy atom. The fourth-order valence-electron chi connectivity index (χ4n) is 1.93. The van der Waals surface area contributed by atoms with Crippen LogP contribution in [0.25, 0.3) is 0 Å². The fourth-order valence-corrected chi connectivity index (χ4v) is 1.93. The fraction of sp³-hybridized carbons (Fsp3) is 0.733. The third kappa shape index (κ3) is 8.07. The summed E-state index contributed by atoms with van der Waals surface area (Å²) in [5.41, 5.74) is 0. The average molecular weight is 284 g/mol. The Morgan fingerprint density at radius 3 is 2.85 bits per heavy atom. The van der Waals surface area contributed by atoms with Gasteiger partial charge in [-0.1, -0.05) is 12.2 Å². The van der Waals surface area contributed by atoms with Crippen LogP contribution in [0.4, 0.5) is 0 Å². The van der Waals surface area contributed by atoms with Crippen molar-refractivity contribution in [1.82, 2.24) is 0 Å². The molecular weight excluding hydrogens is 260 g/mol. The van der Waals surface area contributed by atoms with Gasteiger partial charge >= 0.3 is 5.97 Å². The van der Waals surface area contributed by atoms with Gasteiger partial charge in [0.2, 0.25) is 0 Å². The molecule has 0 bridgehead atoms. The van der Waals surface area contributed by atoms with Gasteiger partial charge in [0, 0.05) is 13.0 Å². The van der Waals surface area contributed by atoms with Gasteiger partial charge in [-0.15, -0.1) is 0 Å². The summed E-state index contributed by atoms with van der Waals surface area (Å²) < 4.78 is 15.4. The number of hydrogen-bond acceptors (Lipinski definition) is 5. The molecule has 0 radical (unpaired) electrons. The highest BCUT2D eigenvalue weighted by Crippen LogP contribution is 2.13. The molecule has 1 rings (SSSR count). The van der Waals surface area contributed by atoms with E-state index in [2.05, 4.69) is 4.74 Å². The summed E-state index contributed by atoms with van der Waals surface area (Å²) in [6, 6.07) is 0. The van der Waals surface area contributed by atoms with Crippen LogP contribution in [0.3, 0.4) is 0 Å². The molecular formula is C15H24O5. The number of carbonyl (C=O) groups is 2. The number of ketones is 1. The van der Waals surface area contributed by atoms with Gasteiger partial charge in [0.25, 0.3) is 0 Å². The zero-order valence-corrected chi connectivity index (χ0v) is 12.1. The maximum absolute atomic E-state index is 11.3. The molecule has 114 valence electrons. The van der Waals surface area contributed by atoms with Crippen molar-refractivity contribution >= 4 is 11.8 Å². The van der Waals surface area contributed by atoms with E-state index in [0.29, 0.717) is 13.0 Å². The van der Waals surface area contributed by atoms with Gasteiger partial charge in [-0.2, -0.15) is 0 Å². The Labute approximate surface area is 120 Å². The molecule has 0 N–H and O–H groups in total. The van der Waals surface area contributed by atoms with Crippen LogP contribution in [0.15, 0.2) is 12.2 Å². The number of allylic oxidation sites excluding steroid dienone is 1. The summed E-state index contributed by atoms with van der Waals surface area (Å²) in [5.74, 6) is -0.538. The highest BCUT2D eigenvalue weighted by Gasteiger charge is 2.12. The Kier molecular flexibility index (Phi) is 8.91. The minimum atomic E-state index is -0.466. The van der Waals surface area contributed by atoms with E-state index in [1.165, 1.54) is 7.11 Å². The normalized spacial score (nSPS) is 19.1. The second-order valence-electron chi connectivity index (χ2n) is 4.78. The molecule has 1 fully saturated rings. The molecule has 0 aromatic carbocycles. The second-order valence-corrected chi connectivity index (χ2v) is 4.78. The van der Waals surface area contributed by atoms with Crippen molar-refractivity contribution in [3.05, 3.63) is 12.2 Å². The van der Waals surface area contributed by atoms with Crippen LogP contribution in [-0.4, -0.2) is 38.4 Å². The molecule has 0 aromatic heterocycles. The average Bonchev–Trinajstić information content (AvgIpc) is 2.47. The van der Waals surface area contributed by atoms with E-state index in [1.54, 1.807) is 0 Å². The number of unbranched alkanes of at least 4 members (excludes halogenated alkanes) is 1. The molecule has 1 unspecified atom stereocenters. The van der Waals surface area contributed by atoms with Crippen molar-refractivity contribution in [2.75, 3.05) is 20.3 Å². The van der Waals surface area contributed by atoms with E-state index in [-0.39, 0.29) is 18.5 Å². The number of carbonyl (C=O) groups excluding carboxylic acids is 2. The first-order valence-electron chi connectivity index (χ1n) is 7.19. The van der Waals surface area contributed by atoms with Gasteiger partial charge in [0.05, 0.1) is 13.7 Å². The lowest BCUT2D eigenvalue weighted by molar-refractivity contribution is -0.155. The van der Waals surface area contributed by atoms with E-state index < -0.39 is 5.97 Å². The molecule has 5 nitrogen and oxygen atoms in total. The van der Waals surface area contributed by atoms with E-state index >= 15 is 0 Å². The van der Waals surface area contributed by atoms with Crippen LogP contribution in [0.1, 0.15) is 44.9 Å². The lowest BCUT2D eigenvalue weighted by atomic mass is 10.1. The smallest absolute Gasteiger partial charge is 0.313 e. The first-order valence-corrected chi connectivity index (χ1v) is 7.19. The molecule has 20 heavy (non-hydrogen) atoms. The molecule has 1 atom stereocenters. The summed E-state index contributed by atoms with van der Waals surface area (Å²) >= 11 is 0. The van der Waals surface area contributed by atoms with Gasteiger partial charge in [0.15, 0.2) is 6.29 Å². The number of rotatable bonds is 9. The molecule has 0 aliphatic carbocycles. The monoisotopic (exact) mass is 284 g/mol. The molecule has 1 aliphatic rings. The Balaban J connectivity index is 1.96. The van der Waals surface area contributed by atoms with E-state index in [9.17, 15) is 9.59 Å². The lowest BCUT2D eigenvalue weighted by Gasteiger charge is -2.21.